The highest BCUT2D eigenvalue weighted by molar-refractivity contribution is 6.46. The van der Waals surface area contributed by atoms with E-state index in [1.807, 2.05) is 25.9 Å². The molecular weight excluding hydrogens is 424 g/mol. The van der Waals surface area contributed by atoms with Crippen LogP contribution in [-0.4, -0.2) is 77.8 Å². The third-order valence-electron chi connectivity index (χ3n) is 6.02. The first-order valence-corrected chi connectivity index (χ1v) is 10.8. The lowest BCUT2D eigenvalue weighted by atomic mass is 9.93. The fourth-order valence-corrected chi connectivity index (χ4v) is 4.30. The largest absolute Gasteiger partial charge is 0.507 e. The van der Waals surface area contributed by atoms with Gasteiger partial charge in [-0.1, -0.05) is 0 Å². The molecule has 1 atom stereocenters. The second-order valence-corrected chi connectivity index (χ2v) is 8.43. The van der Waals surface area contributed by atoms with Crippen molar-refractivity contribution in [1.29, 1.82) is 0 Å². The minimum atomic E-state index is -0.823. The lowest BCUT2D eigenvalue weighted by molar-refractivity contribution is -0.140. The number of methoxy groups -OCH3 is 2. The second kappa shape index (κ2) is 9.66. The Hall–Kier alpha value is -3.33. The smallest absolute Gasteiger partial charge is 0.295 e. The molecule has 0 bridgehead atoms. The van der Waals surface area contributed by atoms with Crippen molar-refractivity contribution < 1.29 is 24.2 Å². The molecule has 0 spiro atoms. The van der Waals surface area contributed by atoms with Crippen molar-refractivity contribution in [2.24, 2.45) is 7.05 Å². The fraction of sp³-hybridized carbons (Fsp3) is 0.458. The molecule has 1 N–H and O–H groups in total. The molecule has 9 heteroatoms. The van der Waals surface area contributed by atoms with E-state index in [1.165, 1.54) is 12.0 Å². The Morgan fingerprint density at radius 3 is 2.42 bits per heavy atom. The molecule has 2 heterocycles. The van der Waals surface area contributed by atoms with E-state index in [0.717, 1.165) is 6.54 Å². The number of hydrogen-bond donors (Lipinski definition) is 1. The minimum absolute atomic E-state index is 0.0237. The Morgan fingerprint density at radius 2 is 1.88 bits per heavy atom. The molecule has 0 radical (unpaired) electrons. The summed E-state index contributed by atoms with van der Waals surface area (Å²) in [6.45, 7) is 4.65. The molecule has 2 aromatic rings. The van der Waals surface area contributed by atoms with Crippen molar-refractivity contribution in [2.45, 2.75) is 26.3 Å². The van der Waals surface area contributed by atoms with Crippen molar-refractivity contribution >= 4 is 17.4 Å². The molecule has 178 valence electrons. The summed E-state index contributed by atoms with van der Waals surface area (Å²) in [7, 11) is 8.73. The van der Waals surface area contributed by atoms with E-state index in [0.29, 0.717) is 47.0 Å². The summed E-state index contributed by atoms with van der Waals surface area (Å²) in [5, 5.41) is 15.7. The number of rotatable bonds is 8. The molecule has 1 unspecified atom stereocenters. The van der Waals surface area contributed by atoms with Gasteiger partial charge in [0, 0.05) is 24.8 Å². The van der Waals surface area contributed by atoms with Crippen LogP contribution in [0.4, 0.5) is 0 Å². The second-order valence-electron chi connectivity index (χ2n) is 8.43. The molecule has 1 fully saturated rings. The maximum Gasteiger partial charge on any atom is 0.295 e. The number of nitrogens with zero attached hydrogens (tertiary/aromatic N) is 4. The van der Waals surface area contributed by atoms with Crippen molar-refractivity contribution in [3.8, 4) is 11.5 Å². The average molecular weight is 457 g/mol. The van der Waals surface area contributed by atoms with Gasteiger partial charge in [0.2, 0.25) is 0 Å². The highest BCUT2D eigenvalue weighted by Gasteiger charge is 2.47. The van der Waals surface area contributed by atoms with Crippen LogP contribution in [0.25, 0.3) is 5.76 Å². The highest BCUT2D eigenvalue weighted by atomic mass is 16.5. The monoisotopic (exact) mass is 456 g/mol. The predicted octanol–water partition coefficient (Wildman–Crippen LogP) is 2.43. The van der Waals surface area contributed by atoms with Gasteiger partial charge in [-0.15, -0.1) is 0 Å². The van der Waals surface area contributed by atoms with E-state index in [9.17, 15) is 14.7 Å². The normalized spacial score (nSPS) is 17.8. The molecular formula is C24H32N4O5. The number of benzene rings is 1. The first-order valence-electron chi connectivity index (χ1n) is 10.8. The van der Waals surface area contributed by atoms with Gasteiger partial charge >= 0.3 is 0 Å². The SMILES string of the molecule is COc1ccc(OC)c(C2/C(=C(\O)c3c(C)nn(C)c3C)C(=O)C(=O)N2CCCN(C)C)c1. The first kappa shape index (κ1) is 24.3. The van der Waals surface area contributed by atoms with Crippen LogP contribution in [0.1, 0.15) is 35.0 Å². The van der Waals surface area contributed by atoms with Crippen LogP contribution in [0, 0.1) is 13.8 Å². The van der Waals surface area contributed by atoms with Crippen LogP contribution in [-0.2, 0) is 16.6 Å². The van der Waals surface area contributed by atoms with Crippen LogP contribution >= 0.6 is 0 Å². The summed E-state index contributed by atoms with van der Waals surface area (Å²) in [5.41, 5.74) is 2.32. The summed E-state index contributed by atoms with van der Waals surface area (Å²) in [5.74, 6) is -0.565. The first-order chi connectivity index (χ1) is 15.6. The Balaban J connectivity index is 2.25. The van der Waals surface area contributed by atoms with E-state index in [-0.39, 0.29) is 11.3 Å². The number of aliphatic hydroxyl groups excluding tert-OH is 1. The summed E-state index contributed by atoms with van der Waals surface area (Å²) >= 11 is 0. The van der Waals surface area contributed by atoms with Crippen LogP contribution in [0.15, 0.2) is 23.8 Å². The Morgan fingerprint density at radius 1 is 1.18 bits per heavy atom. The van der Waals surface area contributed by atoms with Gasteiger partial charge in [0.25, 0.3) is 11.7 Å². The minimum Gasteiger partial charge on any atom is -0.507 e. The summed E-state index contributed by atoms with van der Waals surface area (Å²) in [6, 6.07) is 4.39. The number of aliphatic hydroxyl groups is 1. The van der Waals surface area contributed by atoms with Crippen molar-refractivity contribution in [2.75, 3.05) is 41.4 Å². The molecule has 1 aromatic heterocycles. The molecule has 0 saturated carbocycles. The van der Waals surface area contributed by atoms with Crippen molar-refractivity contribution in [3.63, 3.8) is 0 Å². The average Bonchev–Trinajstić information content (AvgIpc) is 3.18. The quantitative estimate of drug-likeness (QED) is 0.370. The molecule has 0 aliphatic carbocycles. The van der Waals surface area contributed by atoms with Crippen LogP contribution in [0.5, 0.6) is 11.5 Å². The van der Waals surface area contributed by atoms with Gasteiger partial charge in [-0.05, 0) is 59.1 Å². The maximum absolute atomic E-state index is 13.3. The molecule has 33 heavy (non-hydrogen) atoms. The zero-order valence-corrected chi connectivity index (χ0v) is 20.3. The van der Waals surface area contributed by atoms with Crippen LogP contribution in [0.3, 0.4) is 0 Å². The van der Waals surface area contributed by atoms with Crippen LogP contribution < -0.4 is 9.47 Å². The molecule has 1 aliphatic heterocycles. The zero-order valence-electron chi connectivity index (χ0n) is 20.3. The number of aryl methyl sites for hydroxylation is 2. The maximum atomic E-state index is 13.3. The summed E-state index contributed by atoms with van der Waals surface area (Å²) < 4.78 is 12.6. The number of ketones is 1. The van der Waals surface area contributed by atoms with Crippen molar-refractivity contribution in [3.05, 3.63) is 46.3 Å². The number of carbonyl (C=O) groups excluding carboxylic acids is 2. The van der Waals surface area contributed by atoms with E-state index >= 15 is 0 Å². The third-order valence-corrected chi connectivity index (χ3v) is 6.02. The lowest BCUT2D eigenvalue weighted by Crippen LogP contribution is -2.32. The number of amides is 1. The lowest BCUT2D eigenvalue weighted by Gasteiger charge is -2.27. The Labute approximate surface area is 194 Å². The van der Waals surface area contributed by atoms with Crippen LogP contribution in [0.2, 0.25) is 0 Å². The van der Waals surface area contributed by atoms with E-state index < -0.39 is 17.7 Å². The number of likely N-dealkylation sites (tertiary alicyclic amines) is 1. The number of ether oxygens (including phenoxy) is 2. The van der Waals surface area contributed by atoms with Gasteiger partial charge in [-0.2, -0.15) is 5.10 Å². The highest BCUT2D eigenvalue weighted by Crippen LogP contribution is 2.44. The zero-order chi connectivity index (χ0) is 24.4. The number of carbonyl (C=O) groups is 2. The third kappa shape index (κ3) is 4.45. The van der Waals surface area contributed by atoms with E-state index in [1.54, 1.807) is 44.0 Å². The molecule has 1 aromatic carbocycles. The van der Waals surface area contributed by atoms with E-state index in [2.05, 4.69) is 5.10 Å². The number of Topliss-reactive ketones (excluding diaryl/α,β-unsaturated/α-hetero) is 1. The topological polar surface area (TPSA) is 97.1 Å². The Bertz CT molecular complexity index is 1100. The van der Waals surface area contributed by atoms with Gasteiger partial charge in [-0.25, -0.2) is 0 Å². The number of hydrogen-bond acceptors (Lipinski definition) is 7. The Kier molecular flexibility index (Phi) is 7.12. The predicted molar refractivity (Wildman–Crippen MR) is 124 cm³/mol. The molecule has 9 nitrogen and oxygen atoms in total. The molecule has 1 amide bonds. The van der Waals surface area contributed by atoms with Gasteiger partial charge in [0.05, 0.1) is 37.1 Å². The standard InChI is InChI=1S/C24H32N4O5/c1-14-19(15(2)27(5)25-14)22(29)20-21(17-13-16(32-6)9-10-18(17)33-7)28(24(31)23(20)30)12-8-11-26(3)4/h9-10,13,21,29H,8,11-12H2,1-7H3/b22-20+. The summed E-state index contributed by atoms with van der Waals surface area (Å²) in [4.78, 5) is 30.0. The molecule has 3 rings (SSSR count). The fourth-order valence-electron chi connectivity index (χ4n) is 4.30. The van der Waals surface area contributed by atoms with Gasteiger partial charge in [0.15, 0.2) is 0 Å². The van der Waals surface area contributed by atoms with E-state index in [4.69, 9.17) is 9.47 Å². The molecule has 1 aliphatic rings. The molecule has 1 saturated heterocycles. The van der Waals surface area contributed by atoms with Crippen molar-refractivity contribution in [1.82, 2.24) is 19.6 Å². The number of aromatic nitrogens is 2. The van der Waals surface area contributed by atoms with Gasteiger partial charge in [0.1, 0.15) is 17.3 Å². The summed E-state index contributed by atoms with van der Waals surface area (Å²) in [6.07, 6.45) is 0.661. The van der Waals surface area contributed by atoms with Gasteiger partial charge < -0.3 is 24.4 Å². The van der Waals surface area contributed by atoms with Gasteiger partial charge in [-0.3, -0.25) is 14.3 Å².